The highest BCUT2D eigenvalue weighted by Crippen LogP contribution is 2.37. The number of anilines is 1. The van der Waals surface area contributed by atoms with Crippen molar-refractivity contribution in [2.24, 2.45) is 0 Å². The number of carbonyl (C=O) groups excluding carboxylic acids is 1. The number of aliphatic carboxylic acids is 1. The van der Waals surface area contributed by atoms with E-state index in [4.69, 9.17) is 14.6 Å². The molecule has 0 aliphatic rings. The number of hydrogen-bond donors (Lipinski definition) is 2. The lowest BCUT2D eigenvalue weighted by Crippen LogP contribution is -2.30. The maximum absolute atomic E-state index is 13.1. The van der Waals surface area contributed by atoms with Crippen LogP contribution < -0.4 is 14.2 Å². The van der Waals surface area contributed by atoms with Gasteiger partial charge in [-0.15, -0.1) is 0 Å². The third-order valence-corrected chi connectivity index (χ3v) is 6.00. The summed E-state index contributed by atoms with van der Waals surface area (Å²) in [6.07, 6.45) is 2.13. The monoisotopic (exact) mass is 462 g/mol. The van der Waals surface area contributed by atoms with Crippen LogP contribution in [0.5, 0.6) is 11.5 Å². The number of rotatable bonds is 10. The Morgan fingerprint density at radius 1 is 1.06 bits per heavy atom. The molecule has 2 N–H and O–H groups in total. The molecular weight excluding hydrogens is 436 g/mol. The number of benzene rings is 2. The van der Waals surface area contributed by atoms with Gasteiger partial charge in [0, 0.05) is 30.4 Å². The first-order valence-electron chi connectivity index (χ1n) is 9.76. The van der Waals surface area contributed by atoms with Crippen LogP contribution >= 0.6 is 0 Å². The summed E-state index contributed by atoms with van der Waals surface area (Å²) < 4.78 is 39.1. The minimum Gasteiger partial charge on any atom is -0.493 e. The van der Waals surface area contributed by atoms with Crippen LogP contribution in [0.4, 0.5) is 5.69 Å². The molecule has 2 aromatic rings. The molecule has 0 aliphatic carbocycles. The van der Waals surface area contributed by atoms with Gasteiger partial charge in [-0.25, -0.2) is 13.2 Å². The van der Waals surface area contributed by atoms with Crippen molar-refractivity contribution in [3.05, 3.63) is 53.6 Å². The smallest absolute Gasteiger partial charge is 0.328 e. The summed E-state index contributed by atoms with van der Waals surface area (Å²) in [5.74, 6) is -1.23. The number of nitrogens with zero attached hydrogens (tertiary/aromatic N) is 1. The van der Waals surface area contributed by atoms with E-state index in [-0.39, 0.29) is 28.0 Å². The van der Waals surface area contributed by atoms with Crippen LogP contribution in [0.2, 0.25) is 0 Å². The van der Waals surface area contributed by atoms with Crippen molar-refractivity contribution in [2.45, 2.75) is 18.7 Å². The van der Waals surface area contributed by atoms with E-state index in [1.807, 2.05) is 13.8 Å². The van der Waals surface area contributed by atoms with Crippen LogP contribution in [0, 0.1) is 0 Å². The van der Waals surface area contributed by atoms with Crippen LogP contribution in [0.1, 0.15) is 29.8 Å². The van der Waals surface area contributed by atoms with Crippen molar-refractivity contribution in [2.75, 3.05) is 32.0 Å². The summed E-state index contributed by atoms with van der Waals surface area (Å²) in [7, 11) is -1.49. The van der Waals surface area contributed by atoms with Crippen molar-refractivity contribution in [1.82, 2.24) is 4.90 Å². The van der Waals surface area contributed by atoms with Crippen LogP contribution in [-0.4, -0.2) is 57.6 Å². The first kappa shape index (κ1) is 24.7. The topological polar surface area (TPSA) is 122 Å². The number of carboxylic acids is 1. The van der Waals surface area contributed by atoms with Crippen molar-refractivity contribution >= 4 is 33.7 Å². The molecule has 0 unspecified atom stereocenters. The zero-order chi connectivity index (χ0) is 23.9. The Morgan fingerprint density at radius 3 is 2.19 bits per heavy atom. The second-order valence-corrected chi connectivity index (χ2v) is 8.24. The quantitative estimate of drug-likeness (QED) is 0.520. The van der Waals surface area contributed by atoms with Gasteiger partial charge < -0.3 is 19.5 Å². The summed E-state index contributed by atoms with van der Waals surface area (Å²) in [4.78, 5) is 24.7. The van der Waals surface area contributed by atoms with E-state index >= 15 is 0 Å². The number of hydrogen-bond acceptors (Lipinski definition) is 6. The molecule has 10 heteroatoms. The molecule has 172 valence electrons. The molecule has 0 bridgehead atoms. The molecule has 1 amide bonds. The van der Waals surface area contributed by atoms with E-state index in [0.717, 1.165) is 6.08 Å². The predicted molar refractivity (Wildman–Crippen MR) is 121 cm³/mol. The molecule has 0 aromatic heterocycles. The molecule has 0 heterocycles. The lowest BCUT2D eigenvalue weighted by atomic mass is 10.2. The van der Waals surface area contributed by atoms with Crippen molar-refractivity contribution in [3.8, 4) is 11.5 Å². The zero-order valence-corrected chi connectivity index (χ0v) is 19.1. The molecule has 9 nitrogen and oxygen atoms in total. The maximum Gasteiger partial charge on any atom is 0.328 e. The standard InChI is InChI=1S/C22H26N2O7S/c1-5-24(6-2)22(27)16-8-10-17(11-9-16)23-32(28,29)19-14-15(7-12-20(25)26)13-18(30-3)21(19)31-4/h7-14,23H,5-6H2,1-4H3,(H,25,26)/b12-7+. The predicted octanol–water partition coefficient (Wildman–Crippen LogP) is 3.08. The van der Waals surface area contributed by atoms with Crippen LogP contribution in [0.3, 0.4) is 0 Å². The van der Waals surface area contributed by atoms with Crippen molar-refractivity contribution in [3.63, 3.8) is 0 Å². The van der Waals surface area contributed by atoms with Gasteiger partial charge in [0.2, 0.25) is 0 Å². The Balaban J connectivity index is 2.42. The Kier molecular flexibility index (Phi) is 8.25. The average Bonchev–Trinajstić information content (AvgIpc) is 2.77. The van der Waals surface area contributed by atoms with Crippen LogP contribution in [0.15, 0.2) is 47.4 Å². The van der Waals surface area contributed by atoms with E-state index in [1.54, 1.807) is 17.0 Å². The highest BCUT2D eigenvalue weighted by molar-refractivity contribution is 7.92. The van der Waals surface area contributed by atoms with E-state index < -0.39 is 16.0 Å². The normalized spacial score (nSPS) is 11.2. The fraction of sp³-hybridized carbons (Fsp3) is 0.273. The van der Waals surface area contributed by atoms with Gasteiger partial charge in [-0.3, -0.25) is 9.52 Å². The second kappa shape index (κ2) is 10.7. The van der Waals surface area contributed by atoms with Gasteiger partial charge in [0.05, 0.1) is 14.2 Å². The molecule has 0 saturated heterocycles. The highest BCUT2D eigenvalue weighted by Gasteiger charge is 2.24. The lowest BCUT2D eigenvalue weighted by Gasteiger charge is -2.19. The van der Waals surface area contributed by atoms with Gasteiger partial charge in [-0.1, -0.05) is 0 Å². The van der Waals surface area contributed by atoms with Gasteiger partial charge in [-0.05, 0) is 61.9 Å². The molecular formula is C22H26N2O7S. The summed E-state index contributed by atoms with van der Waals surface area (Å²) in [5.41, 5.74) is 0.982. The SMILES string of the molecule is CCN(CC)C(=O)c1ccc(NS(=O)(=O)c2cc(/C=C/C(=O)O)cc(OC)c2OC)cc1. The largest absolute Gasteiger partial charge is 0.493 e. The number of carbonyl (C=O) groups is 2. The molecule has 2 rings (SSSR count). The molecule has 0 atom stereocenters. The van der Waals surface area contributed by atoms with Crippen LogP contribution in [-0.2, 0) is 14.8 Å². The Morgan fingerprint density at radius 2 is 1.69 bits per heavy atom. The van der Waals surface area contributed by atoms with Crippen molar-refractivity contribution < 1.29 is 32.6 Å². The molecule has 0 aliphatic heterocycles. The lowest BCUT2D eigenvalue weighted by molar-refractivity contribution is -0.131. The average molecular weight is 463 g/mol. The second-order valence-electron chi connectivity index (χ2n) is 6.59. The molecule has 0 spiro atoms. The molecule has 0 radical (unpaired) electrons. The Labute approximate surface area is 187 Å². The number of ether oxygens (including phenoxy) is 2. The van der Waals surface area contributed by atoms with E-state index in [0.29, 0.717) is 24.2 Å². The number of carboxylic acid groups (broad SMARTS) is 1. The zero-order valence-electron chi connectivity index (χ0n) is 18.3. The molecule has 32 heavy (non-hydrogen) atoms. The van der Waals surface area contributed by atoms with Crippen LogP contribution in [0.25, 0.3) is 6.08 Å². The summed E-state index contributed by atoms with van der Waals surface area (Å²) in [5, 5.41) is 8.85. The minimum atomic E-state index is -4.14. The van der Waals surface area contributed by atoms with E-state index in [9.17, 15) is 18.0 Å². The van der Waals surface area contributed by atoms with Gasteiger partial charge in [0.25, 0.3) is 15.9 Å². The maximum atomic E-state index is 13.1. The number of nitrogens with one attached hydrogen (secondary N) is 1. The summed E-state index contributed by atoms with van der Waals surface area (Å²) in [6, 6.07) is 8.81. The molecule has 0 fully saturated rings. The third-order valence-electron chi connectivity index (χ3n) is 4.61. The number of methoxy groups -OCH3 is 2. The third kappa shape index (κ3) is 5.79. The summed E-state index contributed by atoms with van der Waals surface area (Å²) in [6.45, 7) is 4.90. The molecule has 2 aromatic carbocycles. The van der Waals surface area contributed by atoms with Gasteiger partial charge in [0.1, 0.15) is 4.90 Å². The first-order valence-corrected chi connectivity index (χ1v) is 11.2. The first-order chi connectivity index (χ1) is 15.2. The molecule has 0 saturated carbocycles. The van der Waals surface area contributed by atoms with Gasteiger partial charge in [-0.2, -0.15) is 0 Å². The Hall–Kier alpha value is -3.53. The highest BCUT2D eigenvalue weighted by atomic mass is 32.2. The van der Waals surface area contributed by atoms with E-state index in [1.165, 1.54) is 44.6 Å². The van der Waals surface area contributed by atoms with Gasteiger partial charge in [0.15, 0.2) is 11.5 Å². The number of sulfonamides is 1. The van der Waals surface area contributed by atoms with Gasteiger partial charge >= 0.3 is 5.97 Å². The Bertz CT molecular complexity index is 1110. The summed E-state index contributed by atoms with van der Waals surface area (Å²) >= 11 is 0. The van der Waals surface area contributed by atoms with E-state index in [2.05, 4.69) is 4.72 Å². The fourth-order valence-corrected chi connectivity index (χ4v) is 4.27. The number of amides is 1. The fourth-order valence-electron chi connectivity index (χ4n) is 3.00. The van der Waals surface area contributed by atoms with Crippen molar-refractivity contribution in [1.29, 1.82) is 0 Å². The minimum absolute atomic E-state index is 0.0270.